The molecule has 1 N–H and O–H groups in total. The molecule has 1 aliphatic rings. The largest absolute Gasteiger partial charge is 0.351 e. The first-order valence-corrected chi connectivity index (χ1v) is 5.38. The van der Waals surface area contributed by atoms with Gasteiger partial charge in [0.15, 0.2) is 11.6 Å². The number of nitrogens with zero attached hydrogens (tertiary/aromatic N) is 2. The summed E-state index contributed by atoms with van der Waals surface area (Å²) < 4.78 is 26.3. The average molecular weight is 227 g/mol. The molecule has 1 aliphatic heterocycles. The lowest BCUT2D eigenvalue weighted by molar-refractivity contribution is 0.401. The van der Waals surface area contributed by atoms with Gasteiger partial charge in [0, 0.05) is 31.2 Å². The molecule has 16 heavy (non-hydrogen) atoms. The molecule has 1 aromatic heterocycles. The Kier molecular flexibility index (Phi) is 3.05. The smallest absolute Gasteiger partial charge is 0.168 e. The van der Waals surface area contributed by atoms with E-state index in [0.29, 0.717) is 13.1 Å². The van der Waals surface area contributed by atoms with E-state index < -0.39 is 11.6 Å². The minimum absolute atomic E-state index is 0.238. The number of aromatic nitrogens is 1. The van der Waals surface area contributed by atoms with Gasteiger partial charge in [-0.15, -0.1) is 0 Å². The second-order valence-electron chi connectivity index (χ2n) is 4.33. The maximum Gasteiger partial charge on any atom is 0.168 e. The Morgan fingerprint density at radius 1 is 1.31 bits per heavy atom. The normalized spacial score (nSPS) is 25.9. The third-order valence-electron chi connectivity index (χ3n) is 2.65. The van der Waals surface area contributed by atoms with Crippen molar-refractivity contribution in [1.29, 1.82) is 0 Å². The van der Waals surface area contributed by atoms with Crippen molar-refractivity contribution in [3.63, 3.8) is 0 Å². The maximum absolute atomic E-state index is 13.5. The van der Waals surface area contributed by atoms with Gasteiger partial charge in [-0.05, 0) is 13.8 Å². The van der Waals surface area contributed by atoms with Crippen molar-refractivity contribution in [2.75, 3.05) is 18.0 Å². The van der Waals surface area contributed by atoms with Gasteiger partial charge < -0.3 is 10.2 Å². The van der Waals surface area contributed by atoms with Crippen LogP contribution in [0, 0.1) is 11.6 Å². The number of hydrogen-bond acceptors (Lipinski definition) is 3. The summed E-state index contributed by atoms with van der Waals surface area (Å²) in [5.74, 6) is -1.000. The molecule has 0 bridgehead atoms. The summed E-state index contributed by atoms with van der Waals surface area (Å²) in [4.78, 5) is 5.67. The molecule has 3 nitrogen and oxygen atoms in total. The van der Waals surface area contributed by atoms with Crippen LogP contribution in [0.15, 0.2) is 12.3 Å². The van der Waals surface area contributed by atoms with Crippen LogP contribution in [-0.4, -0.2) is 30.2 Å². The fraction of sp³-hybridized carbons (Fsp3) is 0.545. The van der Waals surface area contributed by atoms with E-state index >= 15 is 0 Å². The highest BCUT2D eigenvalue weighted by Gasteiger charge is 2.24. The van der Waals surface area contributed by atoms with E-state index in [4.69, 9.17) is 0 Å². The number of nitrogens with one attached hydrogen (secondary N) is 1. The third-order valence-corrected chi connectivity index (χ3v) is 2.65. The zero-order valence-electron chi connectivity index (χ0n) is 9.37. The molecule has 0 radical (unpaired) electrons. The summed E-state index contributed by atoms with van der Waals surface area (Å²) in [6, 6.07) is 1.42. The molecular formula is C11H15F2N3. The second kappa shape index (κ2) is 4.33. The number of piperazine rings is 1. The Hall–Kier alpha value is -1.23. The molecule has 88 valence electrons. The molecule has 1 aromatic rings. The predicted octanol–water partition coefficient (Wildman–Crippen LogP) is 1.55. The molecule has 0 spiro atoms. The van der Waals surface area contributed by atoms with Crippen LogP contribution in [0.1, 0.15) is 13.8 Å². The van der Waals surface area contributed by atoms with Crippen LogP contribution in [0.25, 0.3) is 0 Å². The summed E-state index contributed by atoms with van der Waals surface area (Å²) in [6.45, 7) is 5.42. The van der Waals surface area contributed by atoms with Crippen molar-refractivity contribution in [1.82, 2.24) is 10.3 Å². The first-order chi connectivity index (χ1) is 7.56. The van der Waals surface area contributed by atoms with Crippen molar-refractivity contribution in [3.8, 4) is 0 Å². The van der Waals surface area contributed by atoms with E-state index in [1.807, 2.05) is 18.7 Å². The summed E-state index contributed by atoms with van der Waals surface area (Å²) in [5, 5.41) is 3.34. The summed E-state index contributed by atoms with van der Waals surface area (Å²) in [6.07, 6.45) is 1.05. The molecule has 0 saturated carbocycles. The van der Waals surface area contributed by atoms with Crippen molar-refractivity contribution >= 4 is 5.82 Å². The lowest BCUT2D eigenvalue weighted by atomic mass is 10.1. The minimum Gasteiger partial charge on any atom is -0.351 e. The first kappa shape index (κ1) is 11.3. The number of rotatable bonds is 1. The van der Waals surface area contributed by atoms with Crippen LogP contribution in [-0.2, 0) is 0 Å². The van der Waals surface area contributed by atoms with Gasteiger partial charge in [-0.1, -0.05) is 0 Å². The zero-order chi connectivity index (χ0) is 11.7. The van der Waals surface area contributed by atoms with Crippen LogP contribution < -0.4 is 10.2 Å². The second-order valence-corrected chi connectivity index (χ2v) is 4.33. The van der Waals surface area contributed by atoms with Crippen molar-refractivity contribution < 1.29 is 8.78 Å². The Bertz CT molecular complexity index is 373. The van der Waals surface area contributed by atoms with E-state index in [1.54, 1.807) is 0 Å². The van der Waals surface area contributed by atoms with Crippen LogP contribution in [0.2, 0.25) is 0 Å². The Balaban J connectivity index is 2.23. The van der Waals surface area contributed by atoms with Gasteiger partial charge in [-0.3, -0.25) is 0 Å². The molecule has 2 unspecified atom stereocenters. The maximum atomic E-state index is 13.5. The number of halogens is 2. The highest BCUT2D eigenvalue weighted by atomic mass is 19.1. The zero-order valence-corrected chi connectivity index (χ0v) is 9.37. The summed E-state index contributed by atoms with van der Waals surface area (Å²) in [7, 11) is 0. The number of pyridine rings is 1. The summed E-state index contributed by atoms with van der Waals surface area (Å²) in [5.41, 5.74) is 0. The quantitative estimate of drug-likeness (QED) is 0.789. The van der Waals surface area contributed by atoms with Gasteiger partial charge in [-0.25, -0.2) is 13.8 Å². The van der Waals surface area contributed by atoms with Crippen LogP contribution in [0.3, 0.4) is 0 Å². The topological polar surface area (TPSA) is 28.2 Å². The highest BCUT2D eigenvalue weighted by molar-refractivity contribution is 5.41. The van der Waals surface area contributed by atoms with Gasteiger partial charge in [-0.2, -0.15) is 0 Å². The van der Waals surface area contributed by atoms with E-state index in [2.05, 4.69) is 10.3 Å². The standard InChI is InChI=1S/C11H15F2N3/c1-7-5-16(6-8(2)15-7)11-10(13)3-9(12)4-14-11/h3-4,7-8,15H,5-6H2,1-2H3. The third kappa shape index (κ3) is 2.29. The van der Waals surface area contributed by atoms with Gasteiger partial charge >= 0.3 is 0 Å². The van der Waals surface area contributed by atoms with Gasteiger partial charge in [0.05, 0.1) is 6.20 Å². The monoisotopic (exact) mass is 227 g/mol. The first-order valence-electron chi connectivity index (χ1n) is 5.38. The molecule has 2 heterocycles. The van der Waals surface area contributed by atoms with E-state index in [1.165, 1.54) is 0 Å². The van der Waals surface area contributed by atoms with E-state index in [9.17, 15) is 8.78 Å². The predicted molar refractivity (Wildman–Crippen MR) is 58.4 cm³/mol. The van der Waals surface area contributed by atoms with Crippen LogP contribution in [0.4, 0.5) is 14.6 Å². The lowest BCUT2D eigenvalue weighted by Gasteiger charge is -2.36. The Labute approximate surface area is 93.5 Å². The SMILES string of the molecule is CC1CN(c2ncc(F)cc2F)CC(C)N1. The molecule has 0 amide bonds. The van der Waals surface area contributed by atoms with E-state index in [-0.39, 0.29) is 17.9 Å². The van der Waals surface area contributed by atoms with E-state index in [0.717, 1.165) is 12.3 Å². The van der Waals surface area contributed by atoms with Crippen molar-refractivity contribution in [2.45, 2.75) is 25.9 Å². The van der Waals surface area contributed by atoms with Gasteiger partial charge in [0.2, 0.25) is 0 Å². The molecule has 0 aliphatic carbocycles. The molecule has 5 heteroatoms. The van der Waals surface area contributed by atoms with Gasteiger partial charge in [0.25, 0.3) is 0 Å². The average Bonchev–Trinajstić information content (AvgIpc) is 2.15. The number of hydrogen-bond donors (Lipinski definition) is 1. The molecule has 2 atom stereocenters. The lowest BCUT2D eigenvalue weighted by Crippen LogP contribution is -2.54. The number of anilines is 1. The fourth-order valence-corrected chi connectivity index (χ4v) is 2.14. The molecule has 2 rings (SSSR count). The summed E-state index contributed by atoms with van der Waals surface area (Å²) >= 11 is 0. The molecular weight excluding hydrogens is 212 g/mol. The minimum atomic E-state index is -0.641. The molecule has 1 fully saturated rings. The Morgan fingerprint density at radius 3 is 2.50 bits per heavy atom. The molecule has 1 saturated heterocycles. The van der Waals surface area contributed by atoms with Crippen molar-refractivity contribution in [3.05, 3.63) is 23.9 Å². The fourth-order valence-electron chi connectivity index (χ4n) is 2.14. The van der Waals surface area contributed by atoms with Crippen LogP contribution >= 0.6 is 0 Å². The Morgan fingerprint density at radius 2 is 1.94 bits per heavy atom. The van der Waals surface area contributed by atoms with Gasteiger partial charge in [0.1, 0.15) is 5.82 Å². The molecule has 0 aromatic carbocycles. The van der Waals surface area contributed by atoms with Crippen molar-refractivity contribution in [2.24, 2.45) is 0 Å². The van der Waals surface area contributed by atoms with Crippen LogP contribution in [0.5, 0.6) is 0 Å². The highest BCUT2D eigenvalue weighted by Crippen LogP contribution is 2.19.